The van der Waals surface area contributed by atoms with Crippen molar-refractivity contribution in [2.24, 2.45) is 0 Å². The molecular weight excluding hydrogens is 272 g/mol. The number of allylic oxidation sites excluding steroid dienone is 3. The quantitative estimate of drug-likeness (QED) is 0.456. The number of aliphatic hydroxyl groups excluding tert-OH is 1. The first-order valence-electron chi connectivity index (χ1n) is 9.23. The van der Waals surface area contributed by atoms with E-state index in [0.29, 0.717) is 6.42 Å². The Hall–Kier alpha value is -0.890. The van der Waals surface area contributed by atoms with Crippen LogP contribution in [0.25, 0.3) is 0 Å². The van der Waals surface area contributed by atoms with Crippen molar-refractivity contribution in [3.8, 4) is 0 Å². The van der Waals surface area contributed by atoms with Gasteiger partial charge < -0.3 is 5.11 Å². The van der Waals surface area contributed by atoms with Crippen LogP contribution in [0.15, 0.2) is 23.3 Å². The first kappa shape index (κ1) is 19.2. The number of hydrogen-bond donors (Lipinski definition) is 1. The van der Waals surface area contributed by atoms with Crippen molar-refractivity contribution >= 4 is 5.78 Å². The van der Waals surface area contributed by atoms with Crippen LogP contribution < -0.4 is 0 Å². The zero-order chi connectivity index (χ0) is 16.2. The van der Waals surface area contributed by atoms with Gasteiger partial charge in [-0.15, -0.1) is 0 Å². The van der Waals surface area contributed by atoms with Crippen molar-refractivity contribution in [3.63, 3.8) is 0 Å². The van der Waals surface area contributed by atoms with Crippen LogP contribution in [0.4, 0.5) is 0 Å². The lowest BCUT2D eigenvalue weighted by Crippen LogP contribution is -2.10. The predicted octanol–water partition coefficient (Wildman–Crippen LogP) is 5.50. The maximum atomic E-state index is 11.3. The van der Waals surface area contributed by atoms with Crippen LogP contribution in [0.3, 0.4) is 0 Å². The third-order valence-electron chi connectivity index (χ3n) is 4.60. The molecule has 0 amide bonds. The molecule has 2 nitrogen and oxygen atoms in total. The van der Waals surface area contributed by atoms with Gasteiger partial charge in [-0.25, -0.2) is 0 Å². The van der Waals surface area contributed by atoms with E-state index in [9.17, 15) is 9.90 Å². The first-order chi connectivity index (χ1) is 10.6. The van der Waals surface area contributed by atoms with Crippen LogP contribution in [0, 0.1) is 0 Å². The molecule has 0 bridgehead atoms. The van der Waals surface area contributed by atoms with Crippen LogP contribution >= 0.6 is 0 Å². The van der Waals surface area contributed by atoms with Crippen molar-refractivity contribution < 1.29 is 9.90 Å². The molecule has 126 valence electrons. The molecule has 0 spiro atoms. The van der Waals surface area contributed by atoms with Crippen molar-refractivity contribution in [2.75, 3.05) is 0 Å². The second-order valence-electron chi connectivity index (χ2n) is 6.65. The summed E-state index contributed by atoms with van der Waals surface area (Å²) in [6.45, 7) is 3.85. The summed E-state index contributed by atoms with van der Waals surface area (Å²) in [5.74, 6) is 0.123. The van der Waals surface area contributed by atoms with Gasteiger partial charge in [0, 0.05) is 0 Å². The topological polar surface area (TPSA) is 37.3 Å². The average molecular weight is 306 g/mol. The minimum absolute atomic E-state index is 0.123. The van der Waals surface area contributed by atoms with Gasteiger partial charge in [0.15, 0.2) is 5.78 Å². The van der Waals surface area contributed by atoms with E-state index < -0.39 is 0 Å². The Morgan fingerprint density at radius 2 is 1.55 bits per heavy atom. The highest BCUT2D eigenvalue weighted by atomic mass is 16.3. The molecule has 0 fully saturated rings. The van der Waals surface area contributed by atoms with Gasteiger partial charge in [0.2, 0.25) is 0 Å². The third kappa shape index (κ3) is 7.93. The molecule has 0 aliphatic heterocycles. The molecule has 0 aromatic rings. The molecule has 2 heteroatoms. The van der Waals surface area contributed by atoms with Crippen LogP contribution in [-0.2, 0) is 4.79 Å². The van der Waals surface area contributed by atoms with Crippen molar-refractivity contribution in [2.45, 2.75) is 97.0 Å². The minimum Gasteiger partial charge on any atom is -0.389 e. The normalized spacial score (nSPS) is 15.6. The van der Waals surface area contributed by atoms with Gasteiger partial charge in [0.25, 0.3) is 0 Å². The summed E-state index contributed by atoms with van der Waals surface area (Å²) in [5, 5.41) is 10.2. The maximum Gasteiger partial charge on any atom is 0.156 e. The zero-order valence-electron chi connectivity index (χ0n) is 14.6. The number of carbonyl (C=O) groups excluding carboxylic acids is 1. The SMILES string of the molecule is CCCCCCCCCCCCC(O)C1=CC=C(C(C)=O)C1. The molecule has 0 aromatic heterocycles. The summed E-state index contributed by atoms with van der Waals surface area (Å²) >= 11 is 0. The summed E-state index contributed by atoms with van der Waals surface area (Å²) in [4.78, 5) is 11.3. The summed E-state index contributed by atoms with van der Waals surface area (Å²) in [5.41, 5.74) is 1.85. The number of unbranched alkanes of at least 4 members (excludes halogenated alkanes) is 9. The van der Waals surface area contributed by atoms with Crippen LogP contribution in [0.5, 0.6) is 0 Å². The highest BCUT2D eigenvalue weighted by Crippen LogP contribution is 2.25. The highest BCUT2D eigenvalue weighted by Gasteiger charge is 2.17. The smallest absolute Gasteiger partial charge is 0.156 e. The first-order valence-corrected chi connectivity index (χ1v) is 9.23. The van der Waals surface area contributed by atoms with Gasteiger partial charge in [0.1, 0.15) is 0 Å². The summed E-state index contributed by atoms with van der Waals surface area (Å²) in [7, 11) is 0. The molecule has 1 N–H and O–H groups in total. The zero-order valence-corrected chi connectivity index (χ0v) is 14.6. The maximum absolute atomic E-state index is 11.3. The average Bonchev–Trinajstić information content (AvgIpc) is 2.99. The molecule has 1 unspecified atom stereocenters. The van der Waals surface area contributed by atoms with Gasteiger partial charge >= 0.3 is 0 Å². The van der Waals surface area contributed by atoms with Crippen molar-refractivity contribution in [1.29, 1.82) is 0 Å². The number of rotatable bonds is 13. The molecule has 0 aromatic carbocycles. The Morgan fingerprint density at radius 1 is 1.00 bits per heavy atom. The molecule has 22 heavy (non-hydrogen) atoms. The van der Waals surface area contributed by atoms with Gasteiger partial charge in [-0.3, -0.25) is 4.79 Å². The lowest BCUT2D eigenvalue weighted by atomic mass is 9.99. The van der Waals surface area contributed by atoms with Gasteiger partial charge in [0.05, 0.1) is 6.10 Å². The number of Topliss-reactive ketones (excluding diaryl/α,β-unsaturated/α-hetero) is 1. The third-order valence-corrected chi connectivity index (χ3v) is 4.60. The largest absolute Gasteiger partial charge is 0.389 e. The van der Waals surface area contributed by atoms with Gasteiger partial charge in [-0.05, 0) is 30.9 Å². The van der Waals surface area contributed by atoms with E-state index in [1.54, 1.807) is 6.92 Å². The standard InChI is InChI=1S/C20H34O2/c1-3-4-5-6-7-8-9-10-11-12-13-20(22)19-15-14-18(16-19)17(2)21/h14-15,20,22H,3-13,16H2,1-2H3. The fraction of sp³-hybridized carbons (Fsp3) is 0.750. The second kappa shape index (κ2) is 11.6. The second-order valence-corrected chi connectivity index (χ2v) is 6.65. The van der Waals surface area contributed by atoms with Gasteiger partial charge in [-0.2, -0.15) is 0 Å². The van der Waals surface area contributed by atoms with Gasteiger partial charge in [-0.1, -0.05) is 83.3 Å². The Labute approximate surface area is 136 Å². The highest BCUT2D eigenvalue weighted by molar-refractivity contribution is 5.94. The van der Waals surface area contributed by atoms with Crippen LogP contribution in [0.2, 0.25) is 0 Å². The molecule has 1 aliphatic rings. The summed E-state index contributed by atoms with van der Waals surface area (Å²) in [6, 6.07) is 0. The lowest BCUT2D eigenvalue weighted by Gasteiger charge is -2.12. The van der Waals surface area contributed by atoms with E-state index in [0.717, 1.165) is 24.0 Å². The van der Waals surface area contributed by atoms with Crippen LogP contribution in [-0.4, -0.2) is 17.0 Å². The Balaban J connectivity index is 1.94. The van der Waals surface area contributed by atoms with Crippen molar-refractivity contribution in [3.05, 3.63) is 23.3 Å². The molecule has 0 saturated heterocycles. The monoisotopic (exact) mass is 306 g/mol. The van der Waals surface area contributed by atoms with E-state index in [2.05, 4.69) is 6.92 Å². The van der Waals surface area contributed by atoms with E-state index in [4.69, 9.17) is 0 Å². The van der Waals surface area contributed by atoms with E-state index >= 15 is 0 Å². The van der Waals surface area contributed by atoms with E-state index in [-0.39, 0.29) is 11.9 Å². The predicted molar refractivity (Wildman–Crippen MR) is 93.9 cm³/mol. The molecule has 1 atom stereocenters. The molecule has 0 heterocycles. The lowest BCUT2D eigenvalue weighted by molar-refractivity contribution is -0.113. The number of ketones is 1. The van der Waals surface area contributed by atoms with E-state index in [1.165, 1.54) is 57.8 Å². The molecule has 1 rings (SSSR count). The van der Waals surface area contributed by atoms with E-state index in [1.807, 2.05) is 12.2 Å². The molecule has 1 aliphatic carbocycles. The fourth-order valence-electron chi connectivity index (χ4n) is 3.03. The Bertz CT molecular complexity index is 379. The van der Waals surface area contributed by atoms with Crippen LogP contribution in [0.1, 0.15) is 90.9 Å². The number of aliphatic hydroxyl groups is 1. The molecular formula is C20H34O2. The Morgan fingerprint density at radius 3 is 2.05 bits per heavy atom. The summed E-state index contributed by atoms with van der Waals surface area (Å²) < 4.78 is 0. The molecule has 0 radical (unpaired) electrons. The number of hydrogen-bond acceptors (Lipinski definition) is 2. The summed E-state index contributed by atoms with van der Waals surface area (Å²) in [6.07, 6.45) is 18.1. The molecule has 0 saturated carbocycles. The number of carbonyl (C=O) groups is 1. The fourth-order valence-corrected chi connectivity index (χ4v) is 3.03. The van der Waals surface area contributed by atoms with Crippen molar-refractivity contribution in [1.82, 2.24) is 0 Å². The minimum atomic E-state index is -0.359. The Kier molecular flexibility index (Phi) is 10.1.